The lowest BCUT2D eigenvalue weighted by atomic mass is 10.2. The van der Waals surface area contributed by atoms with Gasteiger partial charge in [-0.05, 0) is 61.5 Å². The molecule has 9 nitrogen and oxygen atoms in total. The number of amides is 2. The van der Waals surface area contributed by atoms with Gasteiger partial charge in [0, 0.05) is 16.9 Å². The molecule has 0 spiro atoms. The number of sulfonamides is 1. The van der Waals surface area contributed by atoms with Gasteiger partial charge in [0.05, 0.1) is 20.3 Å². The van der Waals surface area contributed by atoms with E-state index in [2.05, 4.69) is 15.4 Å². The molecule has 3 aromatic carbocycles. The lowest BCUT2D eigenvalue weighted by Gasteiger charge is -2.14. The van der Waals surface area contributed by atoms with E-state index in [9.17, 15) is 18.0 Å². The summed E-state index contributed by atoms with van der Waals surface area (Å²) >= 11 is 0. The maximum absolute atomic E-state index is 13.0. The minimum absolute atomic E-state index is 0.105. The smallest absolute Gasteiger partial charge is 0.265 e. The summed E-state index contributed by atoms with van der Waals surface area (Å²) in [6.45, 7) is 2.06. The molecule has 0 heterocycles. The van der Waals surface area contributed by atoms with Crippen LogP contribution in [0.4, 0.5) is 11.4 Å². The van der Waals surface area contributed by atoms with Crippen molar-refractivity contribution >= 4 is 33.2 Å². The second-order valence-corrected chi connectivity index (χ2v) is 8.68. The van der Waals surface area contributed by atoms with Crippen LogP contribution in [0.1, 0.15) is 17.3 Å². The Morgan fingerprint density at radius 2 is 1.59 bits per heavy atom. The summed E-state index contributed by atoms with van der Waals surface area (Å²) in [5.74, 6) is -0.188. The molecule has 3 aromatic rings. The minimum Gasteiger partial charge on any atom is -0.495 e. The quantitative estimate of drug-likeness (QED) is 0.407. The lowest BCUT2D eigenvalue weighted by molar-refractivity contribution is -0.115. The molecule has 2 amide bonds. The van der Waals surface area contributed by atoms with Gasteiger partial charge in [-0.15, -0.1) is 0 Å². The maximum Gasteiger partial charge on any atom is 0.265 e. The number of rotatable bonds is 10. The van der Waals surface area contributed by atoms with E-state index >= 15 is 0 Å². The first kappa shape index (κ1) is 24.6. The number of carbonyl (C=O) groups is 2. The van der Waals surface area contributed by atoms with Crippen LogP contribution in [0, 0.1) is 0 Å². The van der Waals surface area contributed by atoms with Crippen LogP contribution in [0.5, 0.6) is 11.5 Å². The summed E-state index contributed by atoms with van der Waals surface area (Å²) in [7, 11) is -2.69. The van der Waals surface area contributed by atoms with Gasteiger partial charge in [-0.1, -0.05) is 18.2 Å². The first-order chi connectivity index (χ1) is 16.3. The minimum atomic E-state index is -4.04. The van der Waals surface area contributed by atoms with Crippen molar-refractivity contribution in [3.05, 3.63) is 78.4 Å². The Morgan fingerprint density at radius 3 is 2.24 bits per heavy atom. The summed E-state index contributed by atoms with van der Waals surface area (Å²) in [6.07, 6.45) is 0. The van der Waals surface area contributed by atoms with Gasteiger partial charge < -0.3 is 20.1 Å². The van der Waals surface area contributed by atoms with Gasteiger partial charge in [-0.3, -0.25) is 14.3 Å². The molecule has 0 aromatic heterocycles. The van der Waals surface area contributed by atoms with Crippen LogP contribution in [0.3, 0.4) is 0 Å². The van der Waals surface area contributed by atoms with Crippen LogP contribution in [0.2, 0.25) is 0 Å². The zero-order chi connectivity index (χ0) is 24.6. The van der Waals surface area contributed by atoms with Gasteiger partial charge in [0.2, 0.25) is 5.91 Å². The van der Waals surface area contributed by atoms with Crippen LogP contribution in [0.15, 0.2) is 77.7 Å². The molecular formula is C24H25N3O6S. The average Bonchev–Trinajstić information content (AvgIpc) is 2.84. The zero-order valence-electron chi connectivity index (χ0n) is 18.7. The van der Waals surface area contributed by atoms with E-state index in [4.69, 9.17) is 9.47 Å². The molecule has 0 aliphatic heterocycles. The van der Waals surface area contributed by atoms with E-state index in [1.54, 1.807) is 54.6 Å². The van der Waals surface area contributed by atoms with E-state index in [1.165, 1.54) is 25.3 Å². The summed E-state index contributed by atoms with van der Waals surface area (Å²) in [4.78, 5) is 24.2. The van der Waals surface area contributed by atoms with Crippen molar-refractivity contribution in [3.63, 3.8) is 0 Å². The third-order valence-corrected chi connectivity index (χ3v) is 6.00. The molecule has 34 heavy (non-hydrogen) atoms. The predicted octanol–water partition coefficient (Wildman–Crippen LogP) is 3.26. The van der Waals surface area contributed by atoms with E-state index in [-0.39, 0.29) is 22.9 Å². The van der Waals surface area contributed by atoms with Gasteiger partial charge in [0.25, 0.3) is 15.9 Å². The first-order valence-corrected chi connectivity index (χ1v) is 11.9. The summed E-state index contributed by atoms with van der Waals surface area (Å²) in [5, 5.41) is 5.10. The Morgan fingerprint density at radius 1 is 0.912 bits per heavy atom. The van der Waals surface area contributed by atoms with Crippen molar-refractivity contribution < 1.29 is 27.5 Å². The normalized spacial score (nSPS) is 10.8. The highest BCUT2D eigenvalue weighted by atomic mass is 32.2. The zero-order valence-corrected chi connectivity index (χ0v) is 19.5. The fourth-order valence-electron chi connectivity index (χ4n) is 3.02. The maximum atomic E-state index is 13.0. The van der Waals surface area contributed by atoms with E-state index < -0.39 is 21.8 Å². The summed E-state index contributed by atoms with van der Waals surface area (Å²) < 4.78 is 39.1. The third-order valence-electron chi connectivity index (χ3n) is 4.60. The molecule has 10 heteroatoms. The van der Waals surface area contributed by atoms with Crippen LogP contribution in [-0.2, 0) is 14.8 Å². The van der Waals surface area contributed by atoms with Crippen molar-refractivity contribution in [1.29, 1.82) is 0 Å². The Kier molecular flexibility index (Phi) is 8.10. The SMILES string of the molecule is CCOc1ccc(NS(=O)(=O)c2cc(NC(=O)CNC(=O)c3ccccc3)ccc2OC)cc1. The second kappa shape index (κ2) is 11.2. The predicted molar refractivity (Wildman–Crippen MR) is 129 cm³/mol. The van der Waals surface area contributed by atoms with Gasteiger partial charge in [0.1, 0.15) is 16.4 Å². The van der Waals surface area contributed by atoms with Gasteiger partial charge >= 0.3 is 0 Å². The number of hydrogen-bond donors (Lipinski definition) is 3. The highest BCUT2D eigenvalue weighted by molar-refractivity contribution is 7.92. The molecule has 0 bridgehead atoms. The number of anilines is 2. The van der Waals surface area contributed by atoms with Crippen LogP contribution >= 0.6 is 0 Å². The fraction of sp³-hybridized carbons (Fsp3) is 0.167. The molecule has 0 saturated carbocycles. The van der Waals surface area contributed by atoms with Crippen LogP contribution in [0.25, 0.3) is 0 Å². The molecule has 0 saturated heterocycles. The molecular weight excluding hydrogens is 458 g/mol. The number of carbonyl (C=O) groups excluding carboxylic acids is 2. The monoisotopic (exact) mass is 483 g/mol. The molecule has 0 unspecified atom stereocenters. The van der Waals surface area contributed by atoms with Gasteiger partial charge in [0.15, 0.2) is 0 Å². The highest BCUT2D eigenvalue weighted by Crippen LogP contribution is 2.29. The largest absolute Gasteiger partial charge is 0.495 e. The molecule has 0 fully saturated rings. The molecule has 0 aliphatic carbocycles. The van der Waals surface area contributed by atoms with Crippen molar-refractivity contribution in [1.82, 2.24) is 5.32 Å². The molecule has 0 atom stereocenters. The molecule has 178 valence electrons. The Balaban J connectivity index is 1.70. The van der Waals surface area contributed by atoms with Crippen molar-refractivity contribution in [2.75, 3.05) is 30.3 Å². The number of benzene rings is 3. The highest BCUT2D eigenvalue weighted by Gasteiger charge is 2.21. The molecule has 0 radical (unpaired) electrons. The molecule has 3 rings (SSSR count). The Hall–Kier alpha value is -4.05. The standard InChI is InChI=1S/C24H25N3O6S/c1-3-33-20-12-9-18(10-13-20)27-34(30,31)22-15-19(11-14-21(22)32-2)26-23(28)16-25-24(29)17-7-5-4-6-8-17/h4-15,27H,3,16H2,1-2H3,(H,25,29)(H,26,28). The van der Waals surface area contributed by atoms with E-state index in [0.717, 1.165) is 0 Å². The van der Waals surface area contributed by atoms with Crippen molar-refractivity contribution in [3.8, 4) is 11.5 Å². The average molecular weight is 484 g/mol. The number of methoxy groups -OCH3 is 1. The number of nitrogens with one attached hydrogen (secondary N) is 3. The number of ether oxygens (including phenoxy) is 2. The second-order valence-electron chi connectivity index (χ2n) is 7.03. The van der Waals surface area contributed by atoms with Crippen molar-refractivity contribution in [2.45, 2.75) is 11.8 Å². The van der Waals surface area contributed by atoms with Crippen LogP contribution < -0.4 is 24.8 Å². The first-order valence-electron chi connectivity index (χ1n) is 10.4. The Bertz CT molecular complexity index is 1250. The summed E-state index contributed by atoms with van der Waals surface area (Å²) in [6, 6.07) is 19.2. The van der Waals surface area contributed by atoms with Crippen molar-refractivity contribution in [2.24, 2.45) is 0 Å². The fourth-order valence-corrected chi connectivity index (χ4v) is 4.27. The molecule has 3 N–H and O–H groups in total. The lowest BCUT2D eigenvalue weighted by Crippen LogP contribution is -2.32. The van der Waals surface area contributed by atoms with E-state index in [1.807, 2.05) is 6.92 Å². The van der Waals surface area contributed by atoms with Gasteiger partial charge in [-0.25, -0.2) is 8.42 Å². The van der Waals surface area contributed by atoms with Crippen LogP contribution in [-0.4, -0.2) is 40.5 Å². The third kappa shape index (κ3) is 6.48. The van der Waals surface area contributed by atoms with Gasteiger partial charge in [-0.2, -0.15) is 0 Å². The topological polar surface area (TPSA) is 123 Å². The van der Waals surface area contributed by atoms with E-state index in [0.29, 0.717) is 23.6 Å². The number of hydrogen-bond acceptors (Lipinski definition) is 6. The molecule has 0 aliphatic rings. The summed E-state index contributed by atoms with van der Waals surface area (Å²) in [5.41, 5.74) is 0.990. The Labute approximate surface area is 198 Å².